The minimum atomic E-state index is 0.491. The highest BCUT2D eigenvalue weighted by atomic mass is 35.5. The van der Waals surface area contributed by atoms with Crippen LogP contribution in [0.4, 0.5) is 0 Å². The van der Waals surface area contributed by atoms with E-state index in [-0.39, 0.29) is 0 Å². The number of benzene rings is 2. The van der Waals surface area contributed by atoms with Gasteiger partial charge in [-0.1, -0.05) is 53.5 Å². The van der Waals surface area contributed by atoms with E-state index in [1.165, 1.54) is 11.8 Å². The molecule has 0 bridgehead atoms. The molecule has 0 amide bonds. The number of rotatable bonds is 4. The summed E-state index contributed by atoms with van der Waals surface area (Å²) in [6, 6.07) is 13.5. The summed E-state index contributed by atoms with van der Waals surface area (Å²) in [4.78, 5) is 0. The Hall–Kier alpha value is -2.15. The molecule has 4 aromatic rings. The van der Waals surface area contributed by atoms with Crippen LogP contribution < -0.4 is 0 Å². The molecule has 0 saturated carbocycles. The van der Waals surface area contributed by atoms with E-state index in [0.29, 0.717) is 10.0 Å². The zero-order valence-electron chi connectivity index (χ0n) is 14.6. The quantitative estimate of drug-likeness (QED) is 0.429. The first kappa shape index (κ1) is 18.2. The number of hydrogen-bond acceptors (Lipinski definition) is 5. The molecule has 0 radical (unpaired) electrons. The van der Waals surface area contributed by atoms with Gasteiger partial charge in [-0.3, -0.25) is 0 Å². The number of fused-ring (bicyclic) bond motifs is 1. The van der Waals surface area contributed by atoms with Crippen LogP contribution in [0, 0.1) is 6.92 Å². The molecule has 0 saturated heterocycles. The van der Waals surface area contributed by atoms with Gasteiger partial charge in [0.25, 0.3) is 0 Å². The molecule has 0 aliphatic carbocycles. The minimum Gasteiger partial charge on any atom is -0.306 e. The molecule has 0 aliphatic heterocycles. The molecule has 0 atom stereocenters. The fraction of sp³-hybridized carbons (Fsp3) is 0.158. The monoisotopic (exact) mass is 415 g/mol. The van der Waals surface area contributed by atoms with Crippen molar-refractivity contribution in [3.05, 3.63) is 58.3 Å². The predicted octanol–water partition coefficient (Wildman–Crippen LogP) is 5.67. The first-order chi connectivity index (χ1) is 13.1. The largest absolute Gasteiger partial charge is 0.306 e. The van der Waals surface area contributed by atoms with Gasteiger partial charge < -0.3 is 4.57 Å². The van der Waals surface area contributed by atoms with Crippen LogP contribution in [-0.4, -0.2) is 25.0 Å². The van der Waals surface area contributed by atoms with E-state index in [9.17, 15) is 0 Å². The highest BCUT2D eigenvalue weighted by Crippen LogP contribution is 2.36. The molecule has 0 spiro atoms. The molecule has 0 fully saturated rings. The molecule has 0 aliphatic rings. The number of aromatic nitrogens is 5. The lowest BCUT2D eigenvalue weighted by atomic mass is 10.1. The second kappa shape index (κ2) is 7.46. The van der Waals surface area contributed by atoms with E-state index >= 15 is 0 Å². The Morgan fingerprint density at radius 3 is 2.44 bits per heavy atom. The fourth-order valence-electron chi connectivity index (χ4n) is 2.90. The van der Waals surface area contributed by atoms with Crippen molar-refractivity contribution in [1.29, 1.82) is 0 Å². The Morgan fingerprint density at radius 1 is 0.926 bits per heavy atom. The van der Waals surface area contributed by atoms with Crippen molar-refractivity contribution in [1.82, 2.24) is 25.0 Å². The van der Waals surface area contributed by atoms with Crippen molar-refractivity contribution in [2.45, 2.75) is 30.6 Å². The van der Waals surface area contributed by atoms with Crippen molar-refractivity contribution in [3.63, 3.8) is 0 Å². The van der Waals surface area contributed by atoms with E-state index in [1.807, 2.05) is 47.9 Å². The Kier molecular flexibility index (Phi) is 5.04. The fourth-order valence-corrected chi connectivity index (χ4v) is 4.19. The standard InChI is InChI=1S/C19H15Cl2N5S/c1-3-26-11(2)22-25-19(26)27-18-14-7-5-4-6-13(14)17(23-24-18)12-8-9-15(20)16(21)10-12/h4-10H,3H2,1-2H3. The molecular weight excluding hydrogens is 401 g/mol. The van der Waals surface area contributed by atoms with Gasteiger partial charge in [-0.05, 0) is 37.7 Å². The molecular formula is C19H15Cl2N5S. The third kappa shape index (κ3) is 3.40. The van der Waals surface area contributed by atoms with Crippen molar-refractivity contribution in [2.75, 3.05) is 0 Å². The molecule has 2 heterocycles. The Labute approximate surface area is 170 Å². The molecule has 8 heteroatoms. The Morgan fingerprint density at radius 2 is 1.70 bits per heavy atom. The average molecular weight is 416 g/mol. The van der Waals surface area contributed by atoms with Crippen molar-refractivity contribution in [2.24, 2.45) is 0 Å². The number of halogens is 2. The minimum absolute atomic E-state index is 0.491. The molecule has 136 valence electrons. The Bertz CT molecular complexity index is 1140. The number of aryl methyl sites for hydroxylation is 1. The highest BCUT2D eigenvalue weighted by Gasteiger charge is 2.16. The normalized spacial score (nSPS) is 11.3. The topological polar surface area (TPSA) is 56.5 Å². The summed E-state index contributed by atoms with van der Waals surface area (Å²) in [5, 5.41) is 22.0. The smallest absolute Gasteiger partial charge is 0.197 e. The summed E-state index contributed by atoms with van der Waals surface area (Å²) >= 11 is 13.7. The van der Waals surface area contributed by atoms with Crippen LogP contribution in [0.25, 0.3) is 22.0 Å². The van der Waals surface area contributed by atoms with Crippen LogP contribution in [0.2, 0.25) is 10.0 Å². The maximum atomic E-state index is 6.19. The lowest BCUT2D eigenvalue weighted by molar-refractivity contribution is 0.661. The zero-order chi connectivity index (χ0) is 19.0. The van der Waals surface area contributed by atoms with Crippen LogP contribution in [0.3, 0.4) is 0 Å². The molecule has 27 heavy (non-hydrogen) atoms. The van der Waals surface area contributed by atoms with Crippen LogP contribution in [-0.2, 0) is 6.54 Å². The van der Waals surface area contributed by atoms with Gasteiger partial charge in [0.1, 0.15) is 16.5 Å². The molecule has 0 N–H and O–H groups in total. The average Bonchev–Trinajstić information content (AvgIpc) is 3.03. The lowest BCUT2D eigenvalue weighted by Crippen LogP contribution is -2.00. The molecule has 2 aromatic carbocycles. The Balaban J connectivity index is 1.84. The third-order valence-electron chi connectivity index (χ3n) is 4.25. The van der Waals surface area contributed by atoms with E-state index in [1.54, 1.807) is 6.07 Å². The second-order valence-corrected chi connectivity index (χ2v) is 7.67. The van der Waals surface area contributed by atoms with Gasteiger partial charge in [0.2, 0.25) is 0 Å². The zero-order valence-corrected chi connectivity index (χ0v) is 17.0. The molecule has 4 rings (SSSR count). The predicted molar refractivity (Wildman–Crippen MR) is 110 cm³/mol. The maximum absolute atomic E-state index is 6.19. The SMILES string of the molecule is CCn1c(C)nnc1Sc1nnc(-c2ccc(Cl)c(Cl)c2)c2ccccc12. The summed E-state index contributed by atoms with van der Waals surface area (Å²) in [7, 11) is 0. The molecule has 5 nitrogen and oxygen atoms in total. The molecule has 0 unspecified atom stereocenters. The van der Waals surface area contributed by atoms with Crippen molar-refractivity contribution in [3.8, 4) is 11.3 Å². The number of nitrogens with zero attached hydrogens (tertiary/aromatic N) is 5. The van der Waals surface area contributed by atoms with E-state index < -0.39 is 0 Å². The van der Waals surface area contributed by atoms with Gasteiger partial charge >= 0.3 is 0 Å². The first-order valence-corrected chi connectivity index (χ1v) is 9.94. The van der Waals surface area contributed by atoms with Crippen molar-refractivity contribution >= 4 is 45.7 Å². The van der Waals surface area contributed by atoms with Gasteiger partial charge in [0.15, 0.2) is 5.16 Å². The van der Waals surface area contributed by atoms with Crippen LogP contribution in [0.1, 0.15) is 12.7 Å². The summed E-state index contributed by atoms with van der Waals surface area (Å²) in [5.74, 6) is 0.879. The van der Waals surface area contributed by atoms with Crippen LogP contribution >= 0.6 is 35.0 Å². The van der Waals surface area contributed by atoms with Crippen molar-refractivity contribution < 1.29 is 0 Å². The van der Waals surface area contributed by atoms with Crippen LogP contribution in [0.5, 0.6) is 0 Å². The summed E-state index contributed by atoms with van der Waals surface area (Å²) < 4.78 is 2.05. The lowest BCUT2D eigenvalue weighted by Gasteiger charge is -2.10. The summed E-state index contributed by atoms with van der Waals surface area (Å²) in [6.45, 7) is 4.81. The second-order valence-electron chi connectivity index (χ2n) is 5.90. The van der Waals surface area contributed by atoms with E-state index in [2.05, 4.69) is 27.3 Å². The van der Waals surface area contributed by atoms with E-state index in [4.69, 9.17) is 23.2 Å². The van der Waals surface area contributed by atoms with Gasteiger partial charge in [0, 0.05) is 22.9 Å². The maximum Gasteiger partial charge on any atom is 0.197 e. The van der Waals surface area contributed by atoms with Gasteiger partial charge in [-0.25, -0.2) is 0 Å². The third-order valence-corrected chi connectivity index (χ3v) is 5.97. The summed E-state index contributed by atoms with van der Waals surface area (Å²) in [6.07, 6.45) is 0. The van der Waals surface area contributed by atoms with Gasteiger partial charge in [0.05, 0.1) is 10.0 Å². The summed E-state index contributed by atoms with van der Waals surface area (Å²) in [5.41, 5.74) is 1.64. The van der Waals surface area contributed by atoms with Gasteiger partial charge in [-0.2, -0.15) is 0 Å². The number of hydrogen-bond donors (Lipinski definition) is 0. The molecule has 2 aromatic heterocycles. The van der Waals surface area contributed by atoms with E-state index in [0.717, 1.165) is 44.6 Å². The first-order valence-electron chi connectivity index (χ1n) is 8.37. The van der Waals surface area contributed by atoms with Crippen LogP contribution in [0.15, 0.2) is 52.6 Å². The highest BCUT2D eigenvalue weighted by molar-refractivity contribution is 7.99. The van der Waals surface area contributed by atoms with Gasteiger partial charge in [-0.15, -0.1) is 20.4 Å².